The number of benzene rings is 1. The summed E-state index contributed by atoms with van der Waals surface area (Å²) in [5, 5.41) is 5.13. The molecule has 1 aliphatic heterocycles. The molecular weight excluding hydrogens is 302 g/mol. The van der Waals surface area contributed by atoms with Crippen LogP contribution in [0.1, 0.15) is 13.8 Å². The van der Waals surface area contributed by atoms with Gasteiger partial charge in [-0.2, -0.15) is 0 Å². The normalized spacial score (nSPS) is 16.1. The Hall–Kier alpha value is -2.77. The number of carbonyl (C=O) groups is 3. The fraction of sp³-hybridized carbons (Fsp3) is 0.400. The van der Waals surface area contributed by atoms with Crippen molar-refractivity contribution in [3.63, 3.8) is 0 Å². The number of methoxy groups -OCH3 is 2. The summed E-state index contributed by atoms with van der Waals surface area (Å²) in [6, 6.07) is 4.29. The van der Waals surface area contributed by atoms with E-state index in [0.29, 0.717) is 17.2 Å². The zero-order chi connectivity index (χ0) is 17.2. The van der Waals surface area contributed by atoms with Gasteiger partial charge in [-0.1, -0.05) is 0 Å². The van der Waals surface area contributed by atoms with E-state index in [4.69, 9.17) is 9.47 Å². The number of anilines is 1. The van der Waals surface area contributed by atoms with Crippen molar-refractivity contribution in [3.8, 4) is 11.5 Å². The lowest BCUT2D eigenvalue weighted by Crippen LogP contribution is -2.41. The number of urea groups is 1. The second-order valence-corrected chi connectivity index (χ2v) is 5.56. The van der Waals surface area contributed by atoms with E-state index in [1.54, 1.807) is 32.0 Å². The molecule has 4 amide bonds. The Labute approximate surface area is 133 Å². The van der Waals surface area contributed by atoms with E-state index in [2.05, 4.69) is 10.6 Å². The fourth-order valence-corrected chi connectivity index (χ4v) is 2.22. The van der Waals surface area contributed by atoms with Crippen molar-refractivity contribution >= 4 is 23.5 Å². The van der Waals surface area contributed by atoms with Crippen molar-refractivity contribution < 1.29 is 23.9 Å². The molecule has 8 heteroatoms. The van der Waals surface area contributed by atoms with Gasteiger partial charge in [-0.25, -0.2) is 4.79 Å². The second kappa shape index (κ2) is 6.15. The highest BCUT2D eigenvalue weighted by atomic mass is 16.5. The van der Waals surface area contributed by atoms with Gasteiger partial charge in [0.15, 0.2) is 11.5 Å². The molecule has 0 saturated carbocycles. The van der Waals surface area contributed by atoms with Gasteiger partial charge >= 0.3 is 6.03 Å². The minimum absolute atomic E-state index is 0.359. The maximum absolute atomic E-state index is 12.1. The van der Waals surface area contributed by atoms with Gasteiger partial charge in [0.1, 0.15) is 12.1 Å². The van der Waals surface area contributed by atoms with Crippen LogP contribution in [0.5, 0.6) is 11.5 Å². The van der Waals surface area contributed by atoms with Crippen LogP contribution in [0.25, 0.3) is 0 Å². The molecule has 0 atom stereocenters. The van der Waals surface area contributed by atoms with Crippen LogP contribution in [0.3, 0.4) is 0 Å². The molecule has 8 nitrogen and oxygen atoms in total. The van der Waals surface area contributed by atoms with Gasteiger partial charge < -0.3 is 20.1 Å². The smallest absolute Gasteiger partial charge is 0.325 e. The number of imide groups is 1. The van der Waals surface area contributed by atoms with Crippen LogP contribution in [0, 0.1) is 0 Å². The summed E-state index contributed by atoms with van der Waals surface area (Å²) >= 11 is 0. The molecule has 23 heavy (non-hydrogen) atoms. The van der Waals surface area contributed by atoms with Crippen LogP contribution in [0.15, 0.2) is 18.2 Å². The summed E-state index contributed by atoms with van der Waals surface area (Å²) in [6.07, 6.45) is 0. The molecule has 1 aromatic carbocycles. The topological polar surface area (TPSA) is 97.0 Å². The van der Waals surface area contributed by atoms with Gasteiger partial charge in [0.05, 0.1) is 14.2 Å². The number of ether oxygens (including phenoxy) is 2. The molecule has 0 aliphatic carbocycles. The van der Waals surface area contributed by atoms with E-state index in [1.807, 2.05) is 0 Å². The minimum atomic E-state index is -0.999. The van der Waals surface area contributed by atoms with Crippen molar-refractivity contribution in [1.29, 1.82) is 0 Å². The largest absolute Gasteiger partial charge is 0.493 e. The Balaban J connectivity index is 2.06. The first-order chi connectivity index (χ1) is 10.8. The van der Waals surface area contributed by atoms with Crippen LogP contribution in [0.4, 0.5) is 10.5 Å². The number of hydrogen-bond donors (Lipinski definition) is 2. The molecule has 1 fully saturated rings. The average Bonchev–Trinajstić information content (AvgIpc) is 2.69. The predicted molar refractivity (Wildman–Crippen MR) is 82.5 cm³/mol. The van der Waals surface area contributed by atoms with Gasteiger partial charge in [0.2, 0.25) is 5.91 Å². The Kier molecular flexibility index (Phi) is 4.44. The quantitative estimate of drug-likeness (QED) is 0.788. The number of nitrogens with zero attached hydrogens (tertiary/aromatic N) is 1. The minimum Gasteiger partial charge on any atom is -0.493 e. The first-order valence-electron chi connectivity index (χ1n) is 6.94. The highest BCUT2D eigenvalue weighted by Gasteiger charge is 2.44. The summed E-state index contributed by atoms with van der Waals surface area (Å²) in [5.74, 6) is 0.0613. The maximum atomic E-state index is 12.1. The number of amides is 4. The van der Waals surface area contributed by atoms with Crippen LogP contribution in [-0.4, -0.2) is 49.0 Å². The third-order valence-electron chi connectivity index (χ3n) is 3.41. The summed E-state index contributed by atoms with van der Waals surface area (Å²) in [5.41, 5.74) is -0.528. The molecule has 2 N–H and O–H groups in total. The van der Waals surface area contributed by atoms with E-state index in [9.17, 15) is 14.4 Å². The van der Waals surface area contributed by atoms with E-state index < -0.39 is 23.4 Å². The first-order valence-corrected chi connectivity index (χ1v) is 6.94. The highest BCUT2D eigenvalue weighted by molar-refractivity contribution is 6.09. The third kappa shape index (κ3) is 3.36. The molecule has 2 rings (SSSR count). The monoisotopic (exact) mass is 321 g/mol. The van der Waals surface area contributed by atoms with Gasteiger partial charge in [-0.05, 0) is 26.0 Å². The van der Waals surface area contributed by atoms with Crippen molar-refractivity contribution in [2.75, 3.05) is 26.1 Å². The first kappa shape index (κ1) is 16.6. The Morgan fingerprint density at radius 3 is 2.39 bits per heavy atom. The molecule has 0 aromatic heterocycles. The molecule has 0 radical (unpaired) electrons. The lowest BCUT2D eigenvalue weighted by molar-refractivity contribution is -0.132. The molecule has 0 bridgehead atoms. The van der Waals surface area contributed by atoms with Crippen LogP contribution in [0.2, 0.25) is 0 Å². The highest BCUT2D eigenvalue weighted by Crippen LogP contribution is 2.29. The lowest BCUT2D eigenvalue weighted by atomic mass is 10.1. The molecular formula is C15H19N3O5. The van der Waals surface area contributed by atoms with Crippen molar-refractivity contribution in [2.45, 2.75) is 19.4 Å². The summed E-state index contributed by atoms with van der Waals surface area (Å²) in [6.45, 7) is 2.81. The molecule has 0 unspecified atom stereocenters. The fourth-order valence-electron chi connectivity index (χ4n) is 2.22. The van der Waals surface area contributed by atoms with Crippen LogP contribution in [-0.2, 0) is 9.59 Å². The van der Waals surface area contributed by atoms with E-state index in [-0.39, 0.29) is 6.54 Å². The summed E-state index contributed by atoms with van der Waals surface area (Å²) < 4.78 is 10.3. The Bertz CT molecular complexity index is 657. The molecule has 1 saturated heterocycles. The predicted octanol–water partition coefficient (Wildman–Crippen LogP) is 0.973. The Morgan fingerprint density at radius 1 is 1.22 bits per heavy atom. The van der Waals surface area contributed by atoms with Crippen LogP contribution >= 0.6 is 0 Å². The third-order valence-corrected chi connectivity index (χ3v) is 3.41. The number of rotatable bonds is 5. The summed E-state index contributed by atoms with van der Waals surface area (Å²) in [7, 11) is 2.99. The van der Waals surface area contributed by atoms with E-state index in [1.165, 1.54) is 14.2 Å². The SMILES string of the molecule is COc1ccc(NC(=O)CN2C(=O)NC(C)(C)C2=O)cc1OC. The van der Waals surface area contributed by atoms with Crippen molar-refractivity contribution in [3.05, 3.63) is 18.2 Å². The Morgan fingerprint density at radius 2 is 1.87 bits per heavy atom. The molecule has 1 aliphatic rings. The number of carbonyl (C=O) groups excluding carboxylic acids is 3. The van der Waals surface area contributed by atoms with Gasteiger partial charge in [0.25, 0.3) is 5.91 Å². The number of hydrogen-bond acceptors (Lipinski definition) is 5. The second-order valence-electron chi connectivity index (χ2n) is 5.56. The van der Waals surface area contributed by atoms with Crippen LogP contribution < -0.4 is 20.1 Å². The molecule has 1 heterocycles. The molecule has 124 valence electrons. The van der Waals surface area contributed by atoms with Crippen molar-refractivity contribution in [1.82, 2.24) is 10.2 Å². The van der Waals surface area contributed by atoms with Gasteiger partial charge in [-0.3, -0.25) is 14.5 Å². The van der Waals surface area contributed by atoms with Crippen molar-refractivity contribution in [2.24, 2.45) is 0 Å². The standard InChI is InChI=1S/C15H19N3O5/c1-15(2)13(20)18(14(21)17-15)8-12(19)16-9-5-6-10(22-3)11(7-9)23-4/h5-7H,8H2,1-4H3,(H,16,19)(H,17,21). The van der Waals surface area contributed by atoms with E-state index >= 15 is 0 Å². The zero-order valence-corrected chi connectivity index (χ0v) is 13.4. The molecule has 1 aromatic rings. The number of nitrogens with one attached hydrogen (secondary N) is 2. The average molecular weight is 321 g/mol. The lowest BCUT2D eigenvalue weighted by Gasteiger charge is -2.16. The van der Waals surface area contributed by atoms with E-state index in [0.717, 1.165) is 4.90 Å². The maximum Gasteiger partial charge on any atom is 0.325 e. The van der Waals surface area contributed by atoms with Gasteiger partial charge in [0, 0.05) is 11.8 Å². The van der Waals surface area contributed by atoms with Gasteiger partial charge in [-0.15, -0.1) is 0 Å². The molecule has 0 spiro atoms. The zero-order valence-electron chi connectivity index (χ0n) is 13.4. The summed E-state index contributed by atoms with van der Waals surface area (Å²) in [4.78, 5) is 36.7.